The van der Waals surface area contributed by atoms with Crippen LogP contribution in [-0.4, -0.2) is 25.8 Å². The SMILES string of the molecule is Cc1nc2ccc(N([O-])Cc3ccc(Nc4ncc5c(n4)-c4ccc(Cl)cc4NC(=O)C5)cc3)cc2[nH]1. The van der Waals surface area contributed by atoms with E-state index >= 15 is 0 Å². The molecular formula is C27H21ClN7O2-. The lowest BCUT2D eigenvalue weighted by Crippen LogP contribution is -2.13. The second-order valence-corrected chi connectivity index (χ2v) is 9.30. The summed E-state index contributed by atoms with van der Waals surface area (Å²) in [6, 6.07) is 18.3. The van der Waals surface area contributed by atoms with Crippen molar-refractivity contribution in [1.29, 1.82) is 0 Å². The minimum absolute atomic E-state index is 0.144. The molecule has 3 aromatic carbocycles. The molecule has 10 heteroatoms. The largest absolute Gasteiger partial charge is 0.758 e. The number of hydrogen-bond donors (Lipinski definition) is 3. The molecule has 3 N–H and O–H groups in total. The summed E-state index contributed by atoms with van der Waals surface area (Å²) in [6.45, 7) is 2.09. The number of rotatable bonds is 5. The van der Waals surface area contributed by atoms with Crippen LogP contribution in [0.15, 0.2) is 66.9 Å². The molecule has 0 spiro atoms. The van der Waals surface area contributed by atoms with Crippen molar-refractivity contribution in [3.63, 3.8) is 0 Å². The third-order valence-corrected chi connectivity index (χ3v) is 6.37. The summed E-state index contributed by atoms with van der Waals surface area (Å²) in [5.74, 6) is 1.06. The van der Waals surface area contributed by atoms with Gasteiger partial charge in [0.1, 0.15) is 5.82 Å². The number of nitrogens with zero attached hydrogens (tertiary/aromatic N) is 4. The van der Waals surface area contributed by atoms with Gasteiger partial charge in [-0.05, 0) is 61.0 Å². The van der Waals surface area contributed by atoms with E-state index in [4.69, 9.17) is 11.6 Å². The van der Waals surface area contributed by atoms with Crippen molar-refractivity contribution in [1.82, 2.24) is 19.9 Å². The molecule has 0 radical (unpaired) electrons. The number of fused-ring (bicyclic) bond motifs is 4. The van der Waals surface area contributed by atoms with Gasteiger partial charge in [0.2, 0.25) is 11.9 Å². The summed E-state index contributed by atoms with van der Waals surface area (Å²) in [6.07, 6.45) is 1.84. The Hall–Kier alpha value is -4.47. The van der Waals surface area contributed by atoms with Crippen LogP contribution in [0.1, 0.15) is 17.0 Å². The zero-order valence-corrected chi connectivity index (χ0v) is 20.5. The molecule has 0 saturated carbocycles. The number of aromatic nitrogens is 4. The van der Waals surface area contributed by atoms with Gasteiger partial charge in [0.05, 0.1) is 28.8 Å². The van der Waals surface area contributed by atoms with Crippen LogP contribution in [0.25, 0.3) is 22.3 Å². The third-order valence-electron chi connectivity index (χ3n) is 6.13. The Morgan fingerprint density at radius 1 is 1.08 bits per heavy atom. The number of hydrogen-bond acceptors (Lipinski definition) is 7. The van der Waals surface area contributed by atoms with E-state index in [0.717, 1.165) is 44.3 Å². The second kappa shape index (κ2) is 9.20. The lowest BCUT2D eigenvalue weighted by Gasteiger charge is -2.30. The summed E-state index contributed by atoms with van der Waals surface area (Å²) in [5, 5.41) is 20.3. The summed E-state index contributed by atoms with van der Waals surface area (Å²) in [4.78, 5) is 28.9. The zero-order valence-electron chi connectivity index (χ0n) is 19.7. The van der Waals surface area contributed by atoms with E-state index in [-0.39, 0.29) is 18.9 Å². The Morgan fingerprint density at radius 2 is 1.92 bits per heavy atom. The van der Waals surface area contributed by atoms with Crippen LogP contribution in [0, 0.1) is 12.1 Å². The minimum Gasteiger partial charge on any atom is -0.758 e. The molecule has 9 nitrogen and oxygen atoms in total. The fourth-order valence-electron chi connectivity index (χ4n) is 4.38. The molecule has 2 aromatic heterocycles. The molecule has 0 atom stereocenters. The normalized spacial score (nSPS) is 12.5. The Bertz CT molecular complexity index is 1650. The summed E-state index contributed by atoms with van der Waals surface area (Å²) in [5.41, 5.74) is 6.67. The van der Waals surface area contributed by atoms with Crippen molar-refractivity contribution in [3.05, 3.63) is 94.0 Å². The Labute approximate surface area is 217 Å². The smallest absolute Gasteiger partial charge is 0.228 e. The van der Waals surface area contributed by atoms with Gasteiger partial charge in [0, 0.05) is 40.3 Å². The highest BCUT2D eigenvalue weighted by Crippen LogP contribution is 2.35. The van der Waals surface area contributed by atoms with Gasteiger partial charge in [-0.1, -0.05) is 23.7 Å². The average molecular weight is 511 g/mol. The molecule has 1 aliphatic heterocycles. The minimum atomic E-state index is -0.144. The number of imidazole rings is 1. The number of nitrogens with one attached hydrogen (secondary N) is 3. The molecule has 1 aliphatic rings. The first-order valence-corrected chi connectivity index (χ1v) is 12.0. The zero-order chi connectivity index (χ0) is 25.5. The molecule has 6 rings (SSSR count). The Balaban J connectivity index is 1.19. The van der Waals surface area contributed by atoms with Crippen LogP contribution in [0.5, 0.6) is 0 Å². The van der Waals surface area contributed by atoms with E-state index in [9.17, 15) is 10.0 Å². The molecule has 0 unspecified atom stereocenters. The second-order valence-electron chi connectivity index (χ2n) is 8.86. The van der Waals surface area contributed by atoms with Crippen molar-refractivity contribution in [2.45, 2.75) is 19.9 Å². The van der Waals surface area contributed by atoms with Gasteiger partial charge < -0.3 is 25.9 Å². The van der Waals surface area contributed by atoms with Crippen molar-refractivity contribution >= 4 is 51.6 Å². The molecule has 0 fully saturated rings. The number of carbonyl (C=O) groups is 1. The molecule has 37 heavy (non-hydrogen) atoms. The van der Waals surface area contributed by atoms with Gasteiger partial charge in [-0.25, -0.2) is 15.0 Å². The number of hydroxylamine groups is 1. The fourth-order valence-corrected chi connectivity index (χ4v) is 4.56. The average Bonchev–Trinajstić information content (AvgIpc) is 3.19. The van der Waals surface area contributed by atoms with Crippen LogP contribution < -0.4 is 15.7 Å². The Morgan fingerprint density at radius 3 is 2.76 bits per heavy atom. The van der Waals surface area contributed by atoms with Crippen molar-refractivity contribution in [3.8, 4) is 11.3 Å². The number of anilines is 4. The molecule has 5 aromatic rings. The molecule has 1 amide bonds. The van der Waals surface area contributed by atoms with Crippen molar-refractivity contribution in [2.24, 2.45) is 0 Å². The lowest BCUT2D eigenvalue weighted by atomic mass is 10.1. The molecule has 0 saturated heterocycles. The first-order chi connectivity index (χ1) is 17.9. The topological polar surface area (TPSA) is 122 Å². The van der Waals surface area contributed by atoms with E-state index in [1.54, 1.807) is 24.4 Å². The lowest BCUT2D eigenvalue weighted by molar-refractivity contribution is -0.115. The van der Waals surface area contributed by atoms with Crippen LogP contribution in [0.2, 0.25) is 5.02 Å². The van der Waals surface area contributed by atoms with Gasteiger partial charge in [0.25, 0.3) is 0 Å². The number of halogens is 1. The number of carbonyl (C=O) groups excluding carboxylic acids is 1. The van der Waals surface area contributed by atoms with E-state index < -0.39 is 0 Å². The van der Waals surface area contributed by atoms with Crippen LogP contribution in [0.3, 0.4) is 0 Å². The van der Waals surface area contributed by atoms with Crippen LogP contribution in [-0.2, 0) is 17.8 Å². The molecular weight excluding hydrogens is 490 g/mol. The number of amides is 1. The van der Waals surface area contributed by atoms with Gasteiger partial charge in [0.15, 0.2) is 0 Å². The molecule has 0 aliphatic carbocycles. The van der Waals surface area contributed by atoms with Gasteiger partial charge in [-0.15, -0.1) is 0 Å². The maximum atomic E-state index is 12.8. The van der Waals surface area contributed by atoms with E-state index in [2.05, 4.69) is 30.6 Å². The highest BCUT2D eigenvalue weighted by atomic mass is 35.5. The number of benzene rings is 3. The molecule has 184 valence electrons. The summed E-state index contributed by atoms with van der Waals surface area (Å²) >= 11 is 6.12. The first kappa shape index (κ1) is 23.0. The molecule has 0 bridgehead atoms. The van der Waals surface area contributed by atoms with Crippen molar-refractivity contribution < 1.29 is 4.79 Å². The predicted octanol–water partition coefficient (Wildman–Crippen LogP) is 5.72. The van der Waals surface area contributed by atoms with E-state index in [1.807, 2.05) is 49.4 Å². The highest BCUT2D eigenvalue weighted by molar-refractivity contribution is 6.31. The third kappa shape index (κ3) is 4.69. The maximum absolute atomic E-state index is 12.8. The van der Waals surface area contributed by atoms with Gasteiger partial charge in [-0.2, -0.15) is 0 Å². The van der Waals surface area contributed by atoms with Gasteiger partial charge >= 0.3 is 0 Å². The quantitative estimate of drug-likeness (QED) is 0.258. The monoisotopic (exact) mass is 510 g/mol. The standard InChI is InChI=1S/C27H21ClN7O2/c1-15-30-22-9-7-20(12-24(22)31-15)35(37)14-16-2-5-19(6-3-16)32-27-29-13-17-10-25(36)33-23-11-18(28)4-8-21(23)26(17)34-27/h2-9,11-13H,10,14H2,1H3,(H,30,31)(H,33,36)(H,29,32,34)/q-1. The summed E-state index contributed by atoms with van der Waals surface area (Å²) in [7, 11) is 0. The van der Waals surface area contributed by atoms with Gasteiger partial charge in [-0.3, -0.25) is 4.79 Å². The predicted molar refractivity (Wildman–Crippen MR) is 145 cm³/mol. The van der Waals surface area contributed by atoms with Crippen molar-refractivity contribution in [2.75, 3.05) is 15.7 Å². The first-order valence-electron chi connectivity index (χ1n) is 11.6. The molecule has 3 heterocycles. The van der Waals surface area contributed by atoms with E-state index in [1.165, 1.54) is 0 Å². The van der Waals surface area contributed by atoms with E-state index in [0.29, 0.717) is 28.0 Å². The highest BCUT2D eigenvalue weighted by Gasteiger charge is 2.21. The maximum Gasteiger partial charge on any atom is 0.228 e. The fraction of sp³-hybridized carbons (Fsp3) is 0.111. The number of H-pyrrole nitrogens is 1. The van der Waals surface area contributed by atoms with Crippen LogP contribution >= 0.6 is 11.6 Å². The number of aryl methyl sites for hydroxylation is 1. The number of aromatic amines is 1. The van der Waals surface area contributed by atoms with Crippen LogP contribution in [0.4, 0.5) is 23.0 Å². The Kier molecular flexibility index (Phi) is 5.71. The summed E-state index contributed by atoms with van der Waals surface area (Å²) < 4.78 is 0.